The Morgan fingerprint density at radius 1 is 1.33 bits per heavy atom. The number of hydrogen-bond donors (Lipinski definition) is 0. The molecule has 0 aromatic carbocycles. The first-order chi connectivity index (χ1) is 7.28. The molecule has 0 aromatic heterocycles. The second-order valence-corrected chi connectivity index (χ2v) is 4.09. The fraction of sp³-hybridized carbons (Fsp3) is 0.833. The molecular weight excluding hydrogens is 256 g/mol. The maximum atomic E-state index is 5.75. The molecule has 0 aliphatic rings. The number of ether oxygens (including phenoxy) is 2. The van der Waals surface area contributed by atoms with Gasteiger partial charge in [0.1, 0.15) is 0 Å². The van der Waals surface area contributed by atoms with E-state index in [9.17, 15) is 0 Å². The first-order valence-electron chi connectivity index (χ1n) is 5.74. The van der Waals surface area contributed by atoms with Gasteiger partial charge in [0.05, 0.1) is 11.4 Å². The zero-order valence-electron chi connectivity index (χ0n) is 9.88. The van der Waals surface area contributed by atoms with Gasteiger partial charge in [-0.3, -0.25) is 0 Å². The molecule has 0 bridgehead atoms. The van der Waals surface area contributed by atoms with Gasteiger partial charge in [0.15, 0.2) is 6.29 Å². The van der Waals surface area contributed by atoms with Crippen molar-refractivity contribution >= 4 is 15.9 Å². The summed E-state index contributed by atoms with van der Waals surface area (Å²) in [6, 6.07) is 0. The molecule has 0 spiro atoms. The molecule has 3 heteroatoms. The fourth-order valence-corrected chi connectivity index (χ4v) is 1.68. The molecule has 0 amide bonds. The van der Waals surface area contributed by atoms with Crippen molar-refractivity contribution in [2.45, 2.75) is 51.9 Å². The highest BCUT2D eigenvalue weighted by atomic mass is 79.9. The third-order valence-electron chi connectivity index (χ3n) is 2.16. The van der Waals surface area contributed by atoms with Crippen molar-refractivity contribution in [2.24, 2.45) is 0 Å². The Labute approximate surface area is 102 Å². The maximum Gasteiger partial charge on any atom is 0.167 e. The first kappa shape index (κ1) is 15.1. The second kappa shape index (κ2) is 10.7. The first-order valence-corrected chi connectivity index (χ1v) is 6.86. The number of unbranched alkanes of at least 4 members (excludes halogenated alkanes) is 2. The van der Waals surface area contributed by atoms with Crippen LogP contribution in [0.25, 0.3) is 0 Å². The van der Waals surface area contributed by atoms with Crippen LogP contribution in [-0.2, 0) is 9.47 Å². The minimum Gasteiger partial charge on any atom is -0.352 e. The van der Waals surface area contributed by atoms with Crippen molar-refractivity contribution in [3.63, 3.8) is 0 Å². The Morgan fingerprint density at radius 2 is 2.07 bits per heavy atom. The van der Waals surface area contributed by atoms with Gasteiger partial charge in [-0.15, -0.1) is 6.58 Å². The van der Waals surface area contributed by atoms with Crippen molar-refractivity contribution in [1.29, 1.82) is 0 Å². The quantitative estimate of drug-likeness (QED) is 0.261. The van der Waals surface area contributed by atoms with Crippen LogP contribution in [0.15, 0.2) is 12.7 Å². The van der Waals surface area contributed by atoms with Gasteiger partial charge in [-0.2, -0.15) is 0 Å². The van der Waals surface area contributed by atoms with Gasteiger partial charge in [-0.25, -0.2) is 0 Å². The van der Waals surface area contributed by atoms with E-state index in [0.717, 1.165) is 6.42 Å². The second-order valence-electron chi connectivity index (χ2n) is 3.45. The SMILES string of the molecule is C=CC(CCCCC)OC(CBr)OCC. The van der Waals surface area contributed by atoms with Crippen LogP contribution in [0, 0.1) is 0 Å². The molecule has 0 fully saturated rings. The smallest absolute Gasteiger partial charge is 0.167 e. The molecule has 0 saturated heterocycles. The van der Waals surface area contributed by atoms with Gasteiger partial charge < -0.3 is 9.47 Å². The van der Waals surface area contributed by atoms with Gasteiger partial charge in [0, 0.05) is 6.61 Å². The van der Waals surface area contributed by atoms with Gasteiger partial charge in [-0.05, 0) is 13.3 Å². The highest BCUT2D eigenvalue weighted by Crippen LogP contribution is 2.12. The third kappa shape index (κ3) is 8.00. The molecule has 0 saturated carbocycles. The van der Waals surface area contributed by atoms with E-state index in [1.165, 1.54) is 19.3 Å². The lowest BCUT2D eigenvalue weighted by molar-refractivity contribution is -0.143. The van der Waals surface area contributed by atoms with Crippen LogP contribution in [0.5, 0.6) is 0 Å². The zero-order chi connectivity index (χ0) is 11.5. The standard InChI is InChI=1S/C12H23BrO2/c1-4-7-8-9-11(5-2)15-12(10-13)14-6-3/h5,11-12H,2,4,6-10H2,1,3H3. The van der Waals surface area contributed by atoms with Crippen molar-refractivity contribution in [2.75, 3.05) is 11.9 Å². The maximum absolute atomic E-state index is 5.75. The number of alkyl halides is 1. The largest absolute Gasteiger partial charge is 0.352 e. The normalized spacial score (nSPS) is 14.9. The summed E-state index contributed by atoms with van der Waals surface area (Å²) in [5, 5.41) is 0.707. The highest BCUT2D eigenvalue weighted by molar-refractivity contribution is 9.09. The topological polar surface area (TPSA) is 18.5 Å². The van der Waals surface area contributed by atoms with Gasteiger partial charge in [0.25, 0.3) is 0 Å². The van der Waals surface area contributed by atoms with Crippen LogP contribution in [0.3, 0.4) is 0 Å². The Morgan fingerprint density at radius 3 is 2.53 bits per heavy atom. The van der Waals surface area contributed by atoms with Crippen LogP contribution in [0.4, 0.5) is 0 Å². The molecule has 0 aliphatic heterocycles. The summed E-state index contributed by atoms with van der Waals surface area (Å²) in [6.07, 6.45) is 6.54. The molecule has 0 radical (unpaired) electrons. The molecule has 0 heterocycles. The van der Waals surface area contributed by atoms with E-state index in [1.807, 2.05) is 13.0 Å². The monoisotopic (exact) mass is 278 g/mol. The van der Waals surface area contributed by atoms with Crippen LogP contribution < -0.4 is 0 Å². The summed E-state index contributed by atoms with van der Waals surface area (Å²) in [5.74, 6) is 0. The van der Waals surface area contributed by atoms with E-state index in [1.54, 1.807) is 0 Å². The van der Waals surface area contributed by atoms with Crippen molar-refractivity contribution in [1.82, 2.24) is 0 Å². The van der Waals surface area contributed by atoms with Crippen LogP contribution in [0.2, 0.25) is 0 Å². The number of rotatable bonds is 10. The number of hydrogen-bond acceptors (Lipinski definition) is 2. The predicted octanol–water partition coefficient (Wildman–Crippen LogP) is 3.90. The summed E-state index contributed by atoms with van der Waals surface area (Å²) < 4.78 is 11.2. The molecule has 15 heavy (non-hydrogen) atoms. The van der Waals surface area contributed by atoms with E-state index >= 15 is 0 Å². The Bertz CT molecular complexity index is 151. The fourth-order valence-electron chi connectivity index (χ4n) is 1.34. The molecule has 2 atom stereocenters. The van der Waals surface area contributed by atoms with Crippen LogP contribution in [0.1, 0.15) is 39.5 Å². The lowest BCUT2D eigenvalue weighted by atomic mass is 10.1. The van der Waals surface area contributed by atoms with E-state index < -0.39 is 0 Å². The third-order valence-corrected chi connectivity index (χ3v) is 2.69. The molecular formula is C12H23BrO2. The molecule has 0 aliphatic carbocycles. The van der Waals surface area contributed by atoms with E-state index in [2.05, 4.69) is 29.4 Å². The Kier molecular flexibility index (Phi) is 10.8. The minimum absolute atomic E-state index is 0.116. The lowest BCUT2D eigenvalue weighted by Crippen LogP contribution is -2.24. The van der Waals surface area contributed by atoms with Gasteiger partial charge in [0.2, 0.25) is 0 Å². The minimum atomic E-state index is -0.153. The molecule has 0 aromatic rings. The van der Waals surface area contributed by atoms with Crippen molar-refractivity contribution in [3.8, 4) is 0 Å². The molecule has 0 rings (SSSR count). The number of halogens is 1. The average molecular weight is 279 g/mol. The van der Waals surface area contributed by atoms with Crippen LogP contribution in [-0.4, -0.2) is 24.3 Å². The average Bonchev–Trinajstić information content (AvgIpc) is 2.26. The zero-order valence-corrected chi connectivity index (χ0v) is 11.5. The lowest BCUT2D eigenvalue weighted by Gasteiger charge is -2.21. The summed E-state index contributed by atoms with van der Waals surface area (Å²) in [7, 11) is 0. The van der Waals surface area contributed by atoms with E-state index in [4.69, 9.17) is 9.47 Å². The summed E-state index contributed by atoms with van der Waals surface area (Å²) in [6.45, 7) is 8.64. The molecule has 2 nitrogen and oxygen atoms in total. The van der Waals surface area contributed by atoms with Gasteiger partial charge in [-0.1, -0.05) is 48.2 Å². The van der Waals surface area contributed by atoms with Crippen LogP contribution >= 0.6 is 15.9 Å². The Balaban J connectivity index is 3.78. The van der Waals surface area contributed by atoms with Gasteiger partial charge >= 0.3 is 0 Å². The predicted molar refractivity (Wildman–Crippen MR) is 68.4 cm³/mol. The molecule has 2 unspecified atom stereocenters. The van der Waals surface area contributed by atoms with E-state index in [-0.39, 0.29) is 12.4 Å². The Hall–Kier alpha value is 0.140. The molecule has 90 valence electrons. The molecule has 0 N–H and O–H groups in total. The highest BCUT2D eigenvalue weighted by Gasteiger charge is 2.12. The van der Waals surface area contributed by atoms with Crippen molar-refractivity contribution in [3.05, 3.63) is 12.7 Å². The summed E-state index contributed by atoms with van der Waals surface area (Å²) >= 11 is 3.37. The van der Waals surface area contributed by atoms with E-state index in [0.29, 0.717) is 11.9 Å². The summed E-state index contributed by atoms with van der Waals surface area (Å²) in [4.78, 5) is 0. The summed E-state index contributed by atoms with van der Waals surface area (Å²) in [5.41, 5.74) is 0. The van der Waals surface area contributed by atoms with Crippen molar-refractivity contribution < 1.29 is 9.47 Å².